The fourth-order valence-corrected chi connectivity index (χ4v) is 5.19. The molecule has 1 aliphatic rings. The van der Waals surface area contributed by atoms with Crippen LogP contribution in [0.5, 0.6) is 0 Å². The lowest BCUT2D eigenvalue weighted by atomic mass is 10.0. The highest BCUT2D eigenvalue weighted by Gasteiger charge is 2.42. The van der Waals surface area contributed by atoms with Crippen molar-refractivity contribution in [2.75, 3.05) is 10.2 Å². The summed E-state index contributed by atoms with van der Waals surface area (Å²) in [5.74, 6) is 1.26. The van der Waals surface area contributed by atoms with Crippen LogP contribution in [-0.4, -0.2) is 16.0 Å². The Labute approximate surface area is 230 Å². The lowest BCUT2D eigenvalue weighted by Gasteiger charge is -2.27. The van der Waals surface area contributed by atoms with E-state index in [1.165, 1.54) is 0 Å². The number of carbonyl (C=O) groups excluding carboxylic acids is 1. The van der Waals surface area contributed by atoms with Crippen molar-refractivity contribution < 1.29 is 9.21 Å². The Balaban J connectivity index is 1.58. The molecule has 1 fully saturated rings. The molecule has 2 aromatic carbocycles. The molecule has 188 valence electrons. The van der Waals surface area contributed by atoms with E-state index < -0.39 is 0 Å². The molecule has 2 N–H and O–H groups in total. The van der Waals surface area contributed by atoms with E-state index in [1.54, 1.807) is 12.3 Å². The number of amides is 1. The summed E-state index contributed by atoms with van der Waals surface area (Å²) in [5.41, 5.74) is 4.10. The molecule has 0 bridgehead atoms. The molecule has 0 radical (unpaired) electrons. The molecule has 0 saturated carbocycles. The maximum absolute atomic E-state index is 11.9. The minimum Gasteiger partial charge on any atom is -0.459 e. The van der Waals surface area contributed by atoms with Gasteiger partial charge in [-0.25, -0.2) is 0 Å². The van der Waals surface area contributed by atoms with Crippen molar-refractivity contribution in [3.8, 4) is 11.3 Å². The molecule has 1 amide bonds. The number of benzene rings is 2. The second kappa shape index (κ2) is 10.5. The minimum atomic E-state index is -0.329. The van der Waals surface area contributed by atoms with Crippen molar-refractivity contribution >= 4 is 57.8 Å². The second-order valence-corrected chi connectivity index (χ2v) is 9.87. The van der Waals surface area contributed by atoms with Gasteiger partial charge in [0.1, 0.15) is 17.6 Å². The lowest BCUT2D eigenvalue weighted by Crippen LogP contribution is -2.29. The molecule has 5 rings (SSSR count). The van der Waals surface area contributed by atoms with Crippen LogP contribution in [0.25, 0.3) is 11.3 Å². The van der Waals surface area contributed by atoms with Gasteiger partial charge in [-0.05, 0) is 79.3 Å². The molecule has 37 heavy (non-hydrogen) atoms. The first-order chi connectivity index (χ1) is 17.9. The number of anilines is 2. The number of halogens is 2. The third kappa shape index (κ3) is 4.94. The summed E-state index contributed by atoms with van der Waals surface area (Å²) in [6, 6.07) is 20.3. The normalized spacial score (nSPS) is 17.1. The molecule has 1 aliphatic heterocycles. The zero-order chi connectivity index (χ0) is 26.1. The van der Waals surface area contributed by atoms with Gasteiger partial charge in [-0.15, -0.1) is 0 Å². The Morgan fingerprint density at radius 3 is 2.70 bits per heavy atom. The molecule has 9 heteroatoms. The highest BCUT2D eigenvalue weighted by atomic mass is 35.5. The Morgan fingerprint density at radius 1 is 1.14 bits per heavy atom. The van der Waals surface area contributed by atoms with Gasteiger partial charge in [0.2, 0.25) is 5.91 Å². The Bertz CT molecular complexity index is 1470. The van der Waals surface area contributed by atoms with Gasteiger partial charge in [0.15, 0.2) is 5.11 Å². The number of nitrogens with one attached hydrogen (secondary N) is 2. The van der Waals surface area contributed by atoms with Gasteiger partial charge >= 0.3 is 0 Å². The van der Waals surface area contributed by atoms with Crippen LogP contribution < -0.4 is 15.5 Å². The first-order valence-electron chi connectivity index (χ1n) is 11.8. The van der Waals surface area contributed by atoms with Crippen LogP contribution in [0.4, 0.5) is 11.4 Å². The number of hydrogen-bond donors (Lipinski definition) is 2. The first kappa shape index (κ1) is 25.3. The summed E-state index contributed by atoms with van der Waals surface area (Å²) >= 11 is 18.5. The van der Waals surface area contributed by atoms with E-state index >= 15 is 0 Å². The highest BCUT2D eigenvalue weighted by Crippen LogP contribution is 2.44. The van der Waals surface area contributed by atoms with Crippen LogP contribution in [0.2, 0.25) is 10.0 Å². The van der Waals surface area contributed by atoms with Gasteiger partial charge in [-0.3, -0.25) is 9.78 Å². The van der Waals surface area contributed by atoms with E-state index in [1.807, 2.05) is 79.4 Å². The minimum absolute atomic E-state index is 0.0370. The van der Waals surface area contributed by atoms with Gasteiger partial charge in [0.05, 0.1) is 21.8 Å². The Kier molecular flexibility index (Phi) is 7.20. The quantitative estimate of drug-likeness (QED) is 0.242. The maximum atomic E-state index is 11.9. The molecule has 3 heterocycles. The molecule has 0 spiro atoms. The molecule has 4 aromatic rings. The number of nitrogens with zero attached hydrogens (tertiary/aromatic N) is 2. The smallest absolute Gasteiger partial charge is 0.224 e. The number of rotatable bonds is 6. The van der Waals surface area contributed by atoms with Gasteiger partial charge in [0.25, 0.3) is 0 Å². The molecular weight excluding hydrogens is 527 g/mol. The van der Waals surface area contributed by atoms with Crippen molar-refractivity contribution in [1.29, 1.82) is 0 Å². The highest BCUT2D eigenvalue weighted by molar-refractivity contribution is 7.80. The number of thiocarbonyl (C=S) groups is 1. The van der Waals surface area contributed by atoms with E-state index in [0.29, 0.717) is 38.7 Å². The van der Waals surface area contributed by atoms with E-state index in [-0.39, 0.29) is 18.0 Å². The third-order valence-electron chi connectivity index (χ3n) is 6.32. The molecule has 2 aromatic heterocycles. The van der Waals surface area contributed by atoms with Crippen molar-refractivity contribution in [2.24, 2.45) is 0 Å². The summed E-state index contributed by atoms with van der Waals surface area (Å²) in [6.07, 6.45) is 2.17. The fourth-order valence-electron chi connectivity index (χ4n) is 4.45. The molecule has 2 atom stereocenters. The summed E-state index contributed by atoms with van der Waals surface area (Å²) in [6.45, 7) is 3.78. The van der Waals surface area contributed by atoms with Crippen molar-refractivity contribution in [3.63, 3.8) is 0 Å². The van der Waals surface area contributed by atoms with E-state index in [0.717, 1.165) is 22.6 Å². The van der Waals surface area contributed by atoms with Gasteiger partial charge in [-0.2, -0.15) is 0 Å². The average molecular weight is 551 g/mol. The molecule has 0 unspecified atom stereocenters. The van der Waals surface area contributed by atoms with E-state index in [9.17, 15) is 4.79 Å². The monoisotopic (exact) mass is 550 g/mol. The maximum Gasteiger partial charge on any atom is 0.224 e. The number of aryl methyl sites for hydroxylation is 1. The van der Waals surface area contributed by atoms with Crippen LogP contribution in [-0.2, 0) is 4.79 Å². The predicted molar refractivity (Wildman–Crippen MR) is 152 cm³/mol. The summed E-state index contributed by atoms with van der Waals surface area (Å²) in [4.78, 5) is 18.5. The number of hydrogen-bond acceptors (Lipinski definition) is 4. The topological polar surface area (TPSA) is 70.4 Å². The summed E-state index contributed by atoms with van der Waals surface area (Å²) in [7, 11) is 0. The largest absolute Gasteiger partial charge is 0.459 e. The number of carbonyl (C=O) groups is 1. The molecule has 0 aliphatic carbocycles. The van der Waals surface area contributed by atoms with Crippen molar-refractivity contribution in [3.05, 3.63) is 100.0 Å². The number of furan rings is 1. The van der Waals surface area contributed by atoms with E-state index in [2.05, 4.69) is 15.6 Å². The van der Waals surface area contributed by atoms with Gasteiger partial charge in [0, 0.05) is 29.6 Å². The van der Waals surface area contributed by atoms with Crippen molar-refractivity contribution in [2.45, 2.75) is 32.4 Å². The summed E-state index contributed by atoms with van der Waals surface area (Å²) < 4.78 is 6.39. The standard InChI is InChI=1S/C28H24Cl2N4O2S/c1-3-24(35)32-20-11-10-17(15-16(20)2)34-27(26(33-28(34)37)21-9-4-5-14-31-21)23-13-12-22(36-23)18-7-6-8-19(29)25(18)30/h4-15,26-27H,3H2,1-2H3,(H,32,35)(H,33,37)/t26-,27+/m1/s1. The second-order valence-electron chi connectivity index (χ2n) is 8.70. The number of pyridine rings is 1. The Morgan fingerprint density at radius 2 is 1.97 bits per heavy atom. The zero-order valence-corrected chi connectivity index (χ0v) is 22.5. The predicted octanol–water partition coefficient (Wildman–Crippen LogP) is 7.48. The van der Waals surface area contributed by atoms with E-state index in [4.69, 9.17) is 39.8 Å². The van der Waals surface area contributed by atoms with Crippen LogP contribution in [0.15, 0.2) is 77.3 Å². The number of aromatic nitrogens is 1. The zero-order valence-electron chi connectivity index (χ0n) is 20.2. The SMILES string of the molecule is CCC(=O)Nc1ccc(N2C(=S)N[C@H](c3ccccn3)[C@@H]2c2ccc(-c3cccc(Cl)c3Cl)o2)cc1C. The van der Waals surface area contributed by atoms with Crippen LogP contribution in [0, 0.1) is 6.92 Å². The third-order valence-corrected chi connectivity index (χ3v) is 7.45. The lowest BCUT2D eigenvalue weighted by molar-refractivity contribution is -0.115. The van der Waals surface area contributed by atoms with Crippen LogP contribution >= 0.6 is 35.4 Å². The fraction of sp³-hybridized carbons (Fsp3) is 0.179. The Hall–Kier alpha value is -3.39. The summed E-state index contributed by atoms with van der Waals surface area (Å²) in [5, 5.41) is 7.81. The molecule has 6 nitrogen and oxygen atoms in total. The van der Waals surface area contributed by atoms with Crippen LogP contribution in [0.3, 0.4) is 0 Å². The first-order valence-corrected chi connectivity index (χ1v) is 13.0. The molecule has 1 saturated heterocycles. The van der Waals surface area contributed by atoms with Crippen molar-refractivity contribution in [1.82, 2.24) is 10.3 Å². The van der Waals surface area contributed by atoms with Gasteiger partial charge in [-0.1, -0.05) is 42.3 Å². The average Bonchev–Trinajstić information content (AvgIpc) is 3.52. The van der Waals surface area contributed by atoms with Crippen LogP contribution in [0.1, 0.15) is 42.4 Å². The van der Waals surface area contributed by atoms with Gasteiger partial charge < -0.3 is 20.0 Å². The molecular formula is C28H24Cl2N4O2S.